The molecular weight excluding hydrogens is 444 g/mol. The molecule has 0 radical (unpaired) electrons. The predicted molar refractivity (Wildman–Crippen MR) is 134 cm³/mol. The van der Waals surface area contributed by atoms with E-state index < -0.39 is 29.2 Å². The molecule has 1 aliphatic heterocycles. The lowest BCUT2D eigenvalue weighted by molar-refractivity contribution is -0.192. The number of nitrogens with zero attached hydrogens (tertiary/aromatic N) is 1. The van der Waals surface area contributed by atoms with Gasteiger partial charge in [0.15, 0.2) is 6.23 Å². The fraction of sp³-hybridized carbons (Fsp3) is 0.464. The van der Waals surface area contributed by atoms with Crippen molar-refractivity contribution < 1.29 is 23.9 Å². The number of nitrogens with one attached hydrogen (secondary N) is 1. The maximum atomic E-state index is 13.3. The standard InChI is InChI=1S/C28H36N2O5/c1-6-17-28(18-7-2)24(32)30(26(33)29-19-20-11-9-8-10-12-20)25(28)34-22-15-13-21(14-16-22)23(31)35-27(3,4)5/h8-16,25H,6-7,17-19H2,1-5H3,(H,29,33). The minimum Gasteiger partial charge on any atom is -0.469 e. The summed E-state index contributed by atoms with van der Waals surface area (Å²) in [7, 11) is 0. The number of urea groups is 1. The zero-order valence-electron chi connectivity index (χ0n) is 21.3. The van der Waals surface area contributed by atoms with Gasteiger partial charge >= 0.3 is 12.0 Å². The molecule has 1 atom stereocenters. The zero-order chi connectivity index (χ0) is 25.6. The molecule has 1 fully saturated rings. The molecule has 0 aromatic heterocycles. The third-order valence-corrected chi connectivity index (χ3v) is 5.99. The average molecular weight is 481 g/mol. The lowest BCUT2D eigenvalue weighted by Gasteiger charge is -2.53. The van der Waals surface area contributed by atoms with Gasteiger partial charge in [0, 0.05) is 6.54 Å². The van der Waals surface area contributed by atoms with Gasteiger partial charge in [-0.25, -0.2) is 14.5 Å². The van der Waals surface area contributed by atoms with Gasteiger partial charge in [-0.1, -0.05) is 57.0 Å². The van der Waals surface area contributed by atoms with E-state index >= 15 is 0 Å². The van der Waals surface area contributed by atoms with Gasteiger partial charge in [0.1, 0.15) is 16.8 Å². The highest BCUT2D eigenvalue weighted by atomic mass is 16.6. The molecule has 2 aromatic rings. The van der Waals surface area contributed by atoms with Crippen LogP contribution in [0.1, 0.15) is 76.2 Å². The second-order valence-electron chi connectivity index (χ2n) is 9.97. The van der Waals surface area contributed by atoms with Crippen LogP contribution in [0.3, 0.4) is 0 Å². The number of rotatable bonds is 9. The number of likely N-dealkylation sites (tertiary alicyclic amines) is 1. The van der Waals surface area contributed by atoms with Crippen molar-refractivity contribution in [3.63, 3.8) is 0 Å². The summed E-state index contributed by atoms with van der Waals surface area (Å²) in [6.45, 7) is 9.80. The Morgan fingerprint density at radius 3 is 2.11 bits per heavy atom. The second-order valence-corrected chi connectivity index (χ2v) is 9.97. The van der Waals surface area contributed by atoms with Crippen LogP contribution in [0, 0.1) is 5.41 Å². The Kier molecular flexibility index (Phi) is 8.20. The van der Waals surface area contributed by atoms with Crippen molar-refractivity contribution in [2.75, 3.05) is 0 Å². The van der Waals surface area contributed by atoms with Crippen LogP contribution in [0.2, 0.25) is 0 Å². The molecule has 1 heterocycles. The lowest BCUT2D eigenvalue weighted by atomic mass is 9.69. The monoisotopic (exact) mass is 480 g/mol. The largest absolute Gasteiger partial charge is 0.469 e. The molecule has 0 saturated carbocycles. The van der Waals surface area contributed by atoms with Crippen molar-refractivity contribution in [3.8, 4) is 5.75 Å². The fourth-order valence-electron chi connectivity index (χ4n) is 4.47. The number of β-lactam (4-membered cyclic amide) rings is 1. The number of imide groups is 1. The van der Waals surface area contributed by atoms with E-state index in [-0.39, 0.29) is 5.91 Å². The Hall–Kier alpha value is -3.35. The average Bonchev–Trinajstić information content (AvgIpc) is 2.82. The molecular formula is C28H36N2O5. The maximum Gasteiger partial charge on any atom is 0.338 e. The van der Waals surface area contributed by atoms with Gasteiger partial charge in [-0.15, -0.1) is 0 Å². The van der Waals surface area contributed by atoms with Crippen LogP contribution < -0.4 is 10.1 Å². The van der Waals surface area contributed by atoms with Crippen LogP contribution in [-0.4, -0.2) is 34.6 Å². The smallest absolute Gasteiger partial charge is 0.338 e. The molecule has 2 aromatic carbocycles. The van der Waals surface area contributed by atoms with Gasteiger partial charge < -0.3 is 14.8 Å². The Morgan fingerprint density at radius 1 is 0.971 bits per heavy atom. The lowest BCUT2D eigenvalue weighted by Crippen LogP contribution is -2.73. The number of carbonyl (C=O) groups excluding carboxylic acids is 3. The van der Waals surface area contributed by atoms with Crippen molar-refractivity contribution in [2.24, 2.45) is 5.41 Å². The topological polar surface area (TPSA) is 84.9 Å². The highest BCUT2D eigenvalue weighted by molar-refractivity contribution is 6.03. The quantitative estimate of drug-likeness (QED) is 0.368. The third kappa shape index (κ3) is 6.02. The van der Waals surface area contributed by atoms with Gasteiger partial charge in [-0.3, -0.25) is 4.79 Å². The van der Waals surface area contributed by atoms with Crippen molar-refractivity contribution in [1.82, 2.24) is 10.2 Å². The minimum absolute atomic E-state index is 0.206. The summed E-state index contributed by atoms with van der Waals surface area (Å²) in [5, 5.41) is 2.84. The highest BCUT2D eigenvalue weighted by Gasteiger charge is 2.63. The minimum atomic E-state index is -0.753. The van der Waals surface area contributed by atoms with Crippen molar-refractivity contribution >= 4 is 17.9 Å². The molecule has 0 aliphatic carbocycles. The SMILES string of the molecule is CCCC1(CCC)C(=O)N(C(=O)NCc2ccccc2)C1Oc1ccc(C(=O)OC(C)(C)C)cc1. The van der Waals surface area contributed by atoms with Crippen molar-refractivity contribution in [2.45, 2.75) is 78.7 Å². The molecule has 0 spiro atoms. The molecule has 3 rings (SSSR count). The maximum absolute atomic E-state index is 13.3. The molecule has 188 valence electrons. The fourth-order valence-corrected chi connectivity index (χ4v) is 4.47. The number of ether oxygens (including phenoxy) is 2. The van der Waals surface area contributed by atoms with Crippen LogP contribution in [0.15, 0.2) is 54.6 Å². The van der Waals surface area contributed by atoms with Crippen LogP contribution in [0.4, 0.5) is 4.79 Å². The highest BCUT2D eigenvalue weighted by Crippen LogP contribution is 2.47. The van der Waals surface area contributed by atoms with E-state index in [1.165, 1.54) is 4.90 Å². The second kappa shape index (κ2) is 10.9. The normalized spacial score (nSPS) is 16.9. The molecule has 7 heteroatoms. The summed E-state index contributed by atoms with van der Waals surface area (Å²) < 4.78 is 11.7. The number of hydrogen-bond acceptors (Lipinski definition) is 5. The van der Waals surface area contributed by atoms with E-state index in [4.69, 9.17) is 9.47 Å². The summed E-state index contributed by atoms with van der Waals surface area (Å²) in [5.41, 5.74) is 0.00365. The van der Waals surface area contributed by atoms with Crippen LogP contribution in [0.5, 0.6) is 5.75 Å². The summed E-state index contributed by atoms with van der Waals surface area (Å²) in [4.78, 5) is 39.9. The first-order chi connectivity index (χ1) is 16.6. The van der Waals surface area contributed by atoms with Crippen LogP contribution in [-0.2, 0) is 16.1 Å². The van der Waals surface area contributed by atoms with Crippen LogP contribution in [0.25, 0.3) is 0 Å². The molecule has 1 unspecified atom stereocenters. The Morgan fingerprint density at radius 2 is 1.57 bits per heavy atom. The molecule has 1 aliphatic rings. The molecule has 35 heavy (non-hydrogen) atoms. The van der Waals surface area contributed by atoms with E-state index in [0.29, 0.717) is 30.7 Å². The summed E-state index contributed by atoms with van der Waals surface area (Å²) in [6, 6.07) is 15.7. The predicted octanol–water partition coefficient (Wildman–Crippen LogP) is 5.69. The summed E-state index contributed by atoms with van der Waals surface area (Å²) >= 11 is 0. The summed E-state index contributed by atoms with van der Waals surface area (Å²) in [5.74, 6) is -0.148. The van der Waals surface area contributed by atoms with Crippen molar-refractivity contribution in [1.29, 1.82) is 0 Å². The van der Waals surface area contributed by atoms with Gasteiger partial charge in [0.05, 0.1) is 5.56 Å². The number of amides is 3. The summed E-state index contributed by atoms with van der Waals surface area (Å²) in [6.07, 6.45) is 2.12. The first-order valence-electron chi connectivity index (χ1n) is 12.3. The van der Waals surface area contributed by atoms with E-state index in [1.54, 1.807) is 24.3 Å². The Balaban J connectivity index is 1.79. The van der Waals surface area contributed by atoms with E-state index in [0.717, 1.165) is 18.4 Å². The first kappa shape index (κ1) is 26.3. The van der Waals surface area contributed by atoms with E-state index in [9.17, 15) is 14.4 Å². The van der Waals surface area contributed by atoms with Gasteiger partial charge in [-0.2, -0.15) is 0 Å². The third-order valence-electron chi connectivity index (χ3n) is 5.99. The zero-order valence-corrected chi connectivity index (χ0v) is 21.3. The van der Waals surface area contributed by atoms with Gasteiger partial charge in [-0.05, 0) is 63.4 Å². The van der Waals surface area contributed by atoms with Gasteiger partial charge in [0.2, 0.25) is 5.91 Å². The van der Waals surface area contributed by atoms with Crippen molar-refractivity contribution in [3.05, 3.63) is 65.7 Å². The first-order valence-corrected chi connectivity index (χ1v) is 12.3. The number of esters is 1. The number of benzene rings is 2. The Bertz CT molecular complexity index is 1020. The van der Waals surface area contributed by atoms with Gasteiger partial charge in [0.25, 0.3) is 0 Å². The molecule has 3 amide bonds. The molecule has 7 nitrogen and oxygen atoms in total. The van der Waals surface area contributed by atoms with Crippen LogP contribution >= 0.6 is 0 Å². The van der Waals surface area contributed by atoms with E-state index in [1.807, 2.05) is 65.0 Å². The van der Waals surface area contributed by atoms with E-state index in [2.05, 4.69) is 5.32 Å². The number of carbonyl (C=O) groups is 3. The molecule has 0 bridgehead atoms. The molecule has 1 saturated heterocycles. The molecule has 1 N–H and O–H groups in total. The number of hydrogen-bond donors (Lipinski definition) is 1. The Labute approximate surface area is 207 Å².